The summed E-state index contributed by atoms with van der Waals surface area (Å²) in [6.07, 6.45) is 1.56. The standard InChI is InChI=1S/C7H9N3O2S/c8-6(11)10-7(13)9-4-5-2-1-3-12-5/h1-3H,4H2,(H4,8,9,10,11,13). The molecular formula is C7H9N3O2S. The summed E-state index contributed by atoms with van der Waals surface area (Å²) in [6, 6.07) is 2.87. The normalized spacial score (nSPS) is 9.23. The number of rotatable bonds is 2. The molecule has 0 atom stereocenters. The van der Waals surface area contributed by atoms with Gasteiger partial charge in [0.15, 0.2) is 5.11 Å². The van der Waals surface area contributed by atoms with E-state index in [9.17, 15) is 4.79 Å². The van der Waals surface area contributed by atoms with Crippen LogP contribution in [0.2, 0.25) is 0 Å². The summed E-state index contributed by atoms with van der Waals surface area (Å²) in [6.45, 7) is 0.423. The fourth-order valence-corrected chi connectivity index (χ4v) is 0.909. The van der Waals surface area contributed by atoms with Crippen LogP contribution in [0.15, 0.2) is 22.8 Å². The molecule has 1 aromatic heterocycles. The predicted molar refractivity (Wildman–Crippen MR) is 50.9 cm³/mol. The number of amides is 2. The van der Waals surface area contributed by atoms with Crippen LogP contribution in [0.5, 0.6) is 0 Å². The van der Waals surface area contributed by atoms with E-state index in [2.05, 4.69) is 10.6 Å². The van der Waals surface area contributed by atoms with Gasteiger partial charge in [-0.1, -0.05) is 0 Å². The summed E-state index contributed by atoms with van der Waals surface area (Å²) in [4.78, 5) is 10.3. The van der Waals surface area contributed by atoms with E-state index in [4.69, 9.17) is 22.4 Å². The molecule has 1 aromatic rings. The first-order valence-corrected chi connectivity index (χ1v) is 3.96. The van der Waals surface area contributed by atoms with E-state index in [1.807, 2.05) is 0 Å². The van der Waals surface area contributed by atoms with Crippen molar-refractivity contribution in [2.45, 2.75) is 6.54 Å². The monoisotopic (exact) mass is 199 g/mol. The maximum absolute atomic E-state index is 10.3. The van der Waals surface area contributed by atoms with Gasteiger partial charge >= 0.3 is 6.03 Å². The Bertz CT molecular complexity index is 297. The van der Waals surface area contributed by atoms with Gasteiger partial charge < -0.3 is 15.5 Å². The van der Waals surface area contributed by atoms with Crippen LogP contribution >= 0.6 is 12.2 Å². The quantitative estimate of drug-likeness (QED) is 0.599. The Kier molecular flexibility index (Phi) is 3.27. The highest BCUT2D eigenvalue weighted by atomic mass is 32.1. The molecule has 0 spiro atoms. The van der Waals surface area contributed by atoms with Crippen LogP contribution in [0.25, 0.3) is 0 Å². The zero-order chi connectivity index (χ0) is 9.68. The molecule has 0 bridgehead atoms. The molecule has 5 nitrogen and oxygen atoms in total. The summed E-state index contributed by atoms with van der Waals surface area (Å²) in [5.74, 6) is 0.730. The maximum atomic E-state index is 10.3. The van der Waals surface area contributed by atoms with Crippen LogP contribution < -0.4 is 16.4 Å². The van der Waals surface area contributed by atoms with Gasteiger partial charge in [-0.2, -0.15) is 0 Å². The van der Waals surface area contributed by atoms with Gasteiger partial charge in [-0.15, -0.1) is 0 Å². The number of thiocarbonyl (C=S) groups is 1. The summed E-state index contributed by atoms with van der Waals surface area (Å²) in [7, 11) is 0. The van der Waals surface area contributed by atoms with E-state index in [0.29, 0.717) is 6.54 Å². The van der Waals surface area contributed by atoms with E-state index in [1.165, 1.54) is 0 Å². The Morgan fingerprint density at radius 2 is 2.46 bits per heavy atom. The van der Waals surface area contributed by atoms with Gasteiger partial charge in [-0.25, -0.2) is 4.79 Å². The molecule has 0 unspecified atom stereocenters. The SMILES string of the molecule is NC(=O)NC(=S)NCc1ccco1. The molecule has 0 aromatic carbocycles. The average molecular weight is 199 g/mol. The average Bonchev–Trinajstić information content (AvgIpc) is 2.51. The minimum atomic E-state index is -0.683. The minimum absolute atomic E-state index is 0.184. The maximum Gasteiger partial charge on any atom is 0.318 e. The van der Waals surface area contributed by atoms with Crippen LogP contribution in [0.4, 0.5) is 4.79 Å². The van der Waals surface area contributed by atoms with Crippen LogP contribution in [0.3, 0.4) is 0 Å². The van der Waals surface area contributed by atoms with Crippen molar-refractivity contribution in [1.82, 2.24) is 10.6 Å². The molecule has 1 heterocycles. The molecule has 0 aliphatic heterocycles. The van der Waals surface area contributed by atoms with E-state index in [-0.39, 0.29) is 5.11 Å². The lowest BCUT2D eigenvalue weighted by molar-refractivity contribution is 0.253. The van der Waals surface area contributed by atoms with Crippen LogP contribution in [-0.2, 0) is 6.54 Å². The van der Waals surface area contributed by atoms with Crippen molar-refractivity contribution in [1.29, 1.82) is 0 Å². The van der Waals surface area contributed by atoms with Crippen molar-refractivity contribution in [3.63, 3.8) is 0 Å². The lowest BCUT2D eigenvalue weighted by atomic mass is 10.4. The minimum Gasteiger partial charge on any atom is -0.467 e. The second-order valence-electron chi connectivity index (χ2n) is 2.25. The number of furan rings is 1. The zero-order valence-electron chi connectivity index (χ0n) is 6.74. The Morgan fingerprint density at radius 1 is 1.69 bits per heavy atom. The van der Waals surface area contributed by atoms with Crippen molar-refractivity contribution in [3.8, 4) is 0 Å². The zero-order valence-corrected chi connectivity index (χ0v) is 7.56. The second kappa shape index (κ2) is 4.46. The summed E-state index contributed by atoms with van der Waals surface area (Å²) in [5, 5.41) is 5.15. The molecule has 0 aliphatic rings. The Morgan fingerprint density at radius 3 is 3.00 bits per heavy atom. The molecule has 0 saturated heterocycles. The van der Waals surface area contributed by atoms with Gasteiger partial charge in [-0.3, -0.25) is 5.32 Å². The molecule has 1 rings (SSSR count). The van der Waals surface area contributed by atoms with Crippen molar-refractivity contribution in [2.24, 2.45) is 5.73 Å². The third-order valence-electron chi connectivity index (χ3n) is 1.24. The third kappa shape index (κ3) is 3.57. The molecule has 13 heavy (non-hydrogen) atoms. The lowest BCUT2D eigenvalue weighted by Gasteiger charge is -2.04. The highest BCUT2D eigenvalue weighted by Crippen LogP contribution is 1.97. The number of nitrogens with two attached hydrogens (primary N) is 1. The lowest BCUT2D eigenvalue weighted by Crippen LogP contribution is -2.41. The molecule has 2 amide bonds. The fourth-order valence-electron chi connectivity index (χ4n) is 0.737. The van der Waals surface area contributed by atoms with Gasteiger partial charge in [0.25, 0.3) is 0 Å². The fraction of sp³-hybridized carbons (Fsp3) is 0.143. The smallest absolute Gasteiger partial charge is 0.318 e. The number of carbonyl (C=O) groups excluding carboxylic acids is 1. The van der Waals surface area contributed by atoms with Gasteiger partial charge in [0.2, 0.25) is 0 Å². The first-order chi connectivity index (χ1) is 6.18. The Hall–Kier alpha value is -1.56. The van der Waals surface area contributed by atoms with E-state index in [1.54, 1.807) is 18.4 Å². The Labute approximate surface area is 80.3 Å². The molecule has 70 valence electrons. The van der Waals surface area contributed by atoms with Crippen LogP contribution in [0.1, 0.15) is 5.76 Å². The molecule has 0 saturated carbocycles. The molecule has 0 radical (unpaired) electrons. The number of urea groups is 1. The van der Waals surface area contributed by atoms with E-state index < -0.39 is 6.03 Å². The first kappa shape index (κ1) is 9.53. The van der Waals surface area contributed by atoms with Crippen LogP contribution in [0, 0.1) is 0 Å². The highest BCUT2D eigenvalue weighted by molar-refractivity contribution is 7.80. The summed E-state index contributed by atoms with van der Waals surface area (Å²) < 4.78 is 5.02. The molecular weight excluding hydrogens is 190 g/mol. The van der Waals surface area contributed by atoms with Gasteiger partial charge in [0.1, 0.15) is 5.76 Å². The predicted octanol–water partition coefficient (Wildman–Crippen LogP) is 0.322. The number of nitrogens with one attached hydrogen (secondary N) is 2. The van der Waals surface area contributed by atoms with Gasteiger partial charge in [0.05, 0.1) is 12.8 Å². The van der Waals surface area contributed by atoms with Gasteiger partial charge in [0, 0.05) is 0 Å². The van der Waals surface area contributed by atoms with E-state index >= 15 is 0 Å². The topological polar surface area (TPSA) is 80.3 Å². The van der Waals surface area contributed by atoms with E-state index in [0.717, 1.165) is 5.76 Å². The van der Waals surface area contributed by atoms with Crippen LogP contribution in [-0.4, -0.2) is 11.1 Å². The first-order valence-electron chi connectivity index (χ1n) is 3.55. The third-order valence-corrected chi connectivity index (χ3v) is 1.49. The largest absolute Gasteiger partial charge is 0.467 e. The number of hydrogen-bond acceptors (Lipinski definition) is 3. The Balaban J connectivity index is 2.27. The highest BCUT2D eigenvalue weighted by Gasteiger charge is 1.99. The number of carbonyl (C=O) groups is 1. The number of primary amides is 1. The summed E-state index contributed by atoms with van der Waals surface area (Å²) >= 11 is 4.74. The van der Waals surface area contributed by atoms with Crippen molar-refractivity contribution < 1.29 is 9.21 Å². The summed E-state index contributed by atoms with van der Waals surface area (Å²) in [5.41, 5.74) is 4.84. The van der Waals surface area contributed by atoms with Crippen molar-refractivity contribution in [3.05, 3.63) is 24.2 Å². The molecule has 4 N–H and O–H groups in total. The van der Waals surface area contributed by atoms with Crippen molar-refractivity contribution in [2.75, 3.05) is 0 Å². The molecule has 0 fully saturated rings. The van der Waals surface area contributed by atoms with Gasteiger partial charge in [-0.05, 0) is 24.4 Å². The second-order valence-corrected chi connectivity index (χ2v) is 2.66. The number of hydrogen-bond donors (Lipinski definition) is 3. The molecule has 6 heteroatoms. The molecule has 0 aliphatic carbocycles. The van der Waals surface area contributed by atoms with Crippen molar-refractivity contribution >= 4 is 23.4 Å².